The van der Waals surface area contributed by atoms with Gasteiger partial charge in [-0.15, -0.1) is 0 Å². The maximum atomic E-state index is 14.2. The molecule has 31 heteroatoms. The number of halogens is 28. The third-order valence-electron chi connectivity index (χ3n) is 5.01. The van der Waals surface area contributed by atoms with Gasteiger partial charge in [0.05, 0.1) is 0 Å². The summed E-state index contributed by atoms with van der Waals surface area (Å²) in [6.07, 6.45) is -41.8. The average molecular weight is 750 g/mol. The molecule has 45 heavy (non-hydrogen) atoms. The van der Waals surface area contributed by atoms with Crippen molar-refractivity contribution in [2.45, 2.75) is 83.7 Å². The first kappa shape index (κ1) is 42.9. The van der Waals surface area contributed by atoms with Gasteiger partial charge in [-0.05, 0) is 0 Å². The number of alkyl halides is 28. The first-order valence-corrected chi connectivity index (χ1v) is 9.15. The molecule has 0 fully saturated rings. The van der Waals surface area contributed by atoms with Crippen LogP contribution in [-0.2, 0) is 4.74 Å². The van der Waals surface area contributed by atoms with Crippen LogP contribution in [0.15, 0.2) is 0 Å². The highest BCUT2D eigenvalue weighted by atomic mass is 19.4. The maximum Gasteiger partial charge on any atom is 0.460 e. The molecule has 0 aromatic rings. The van der Waals surface area contributed by atoms with E-state index in [1.165, 1.54) is 0 Å². The van der Waals surface area contributed by atoms with Crippen LogP contribution >= 0.6 is 0 Å². The maximum absolute atomic E-state index is 14.2. The van der Waals surface area contributed by atoms with E-state index in [4.69, 9.17) is 10.2 Å². The largest absolute Gasteiger partial charge is 0.460 e. The quantitative estimate of drug-likeness (QED) is 0.201. The monoisotopic (exact) mass is 750 g/mol. The summed E-state index contributed by atoms with van der Waals surface area (Å²) in [7, 11) is 0. The van der Waals surface area contributed by atoms with E-state index in [1.54, 1.807) is 0 Å². The highest BCUT2D eigenvalue weighted by molar-refractivity contribution is 5.22. The van der Waals surface area contributed by atoms with Crippen LogP contribution in [0.5, 0.6) is 0 Å². The number of hydrogen-bond acceptors (Lipinski definition) is 3. The van der Waals surface area contributed by atoms with Gasteiger partial charge >= 0.3 is 78.1 Å². The fourth-order valence-corrected chi connectivity index (χ4v) is 2.46. The molecule has 0 aliphatic heterocycles. The molecule has 0 saturated heterocycles. The minimum absolute atomic E-state index is 0.885. The van der Waals surface area contributed by atoms with E-state index in [9.17, 15) is 123 Å². The van der Waals surface area contributed by atoms with E-state index in [0.717, 1.165) is 4.74 Å². The molecule has 0 amide bonds. The second kappa shape index (κ2) is 10.2. The summed E-state index contributed by atoms with van der Waals surface area (Å²) in [5.74, 6) is -77.1. The van der Waals surface area contributed by atoms with E-state index >= 15 is 0 Å². The molecule has 3 nitrogen and oxygen atoms in total. The third-order valence-corrected chi connectivity index (χ3v) is 5.01. The molecule has 1 unspecified atom stereocenters. The highest BCUT2D eigenvalue weighted by Gasteiger charge is 3.01. The fourth-order valence-electron chi connectivity index (χ4n) is 2.46. The Bertz CT molecular complexity index is 1080. The Morgan fingerprint density at radius 1 is 0.267 bits per heavy atom. The molecule has 0 bridgehead atoms. The predicted octanol–water partition coefficient (Wildman–Crippen LogP) is 7.71. The molecular weight excluding hydrogens is 748 g/mol. The zero-order valence-corrected chi connectivity index (χ0v) is 18.9. The van der Waals surface area contributed by atoms with Crippen LogP contribution in [0.4, 0.5) is 123 Å². The Morgan fingerprint density at radius 2 is 0.489 bits per heavy atom. The molecule has 0 heterocycles. The van der Waals surface area contributed by atoms with E-state index in [0.29, 0.717) is 0 Å². The van der Waals surface area contributed by atoms with Gasteiger partial charge in [-0.2, -0.15) is 123 Å². The molecule has 0 radical (unpaired) electrons. The number of hydrogen-bond donors (Lipinski definition) is 2. The minimum Gasteiger partial charge on any atom is -0.371 e. The average Bonchev–Trinajstić information content (AvgIpc) is 2.74. The number of ether oxygens (including phenoxy) is 1. The van der Waals surface area contributed by atoms with E-state index in [1.807, 2.05) is 0 Å². The molecule has 0 aliphatic rings. The van der Waals surface area contributed by atoms with Gasteiger partial charge in [0, 0.05) is 0 Å². The molecule has 0 aromatic heterocycles. The zero-order chi connectivity index (χ0) is 37.7. The van der Waals surface area contributed by atoms with Gasteiger partial charge in [0.15, 0.2) is 0 Å². The first-order chi connectivity index (χ1) is 18.7. The smallest absolute Gasteiger partial charge is 0.371 e. The Balaban J connectivity index is 8.01. The lowest BCUT2D eigenvalue weighted by Crippen LogP contribution is -2.83. The molecule has 0 saturated carbocycles. The van der Waals surface area contributed by atoms with Crippen LogP contribution in [0.25, 0.3) is 0 Å². The lowest BCUT2D eigenvalue weighted by molar-refractivity contribution is -0.547. The van der Waals surface area contributed by atoms with Crippen molar-refractivity contribution in [1.82, 2.24) is 0 Å². The summed E-state index contributed by atoms with van der Waals surface area (Å²) < 4.78 is 369. The first-order valence-electron chi connectivity index (χ1n) is 9.15. The summed E-state index contributed by atoms with van der Waals surface area (Å²) in [6, 6.07) is 0. The lowest BCUT2D eigenvalue weighted by atomic mass is 9.78. The normalized spacial score (nSPS) is 18.3. The van der Waals surface area contributed by atoms with Crippen LogP contribution in [-0.4, -0.2) is 93.9 Å². The molecule has 0 rings (SSSR count). The van der Waals surface area contributed by atoms with Gasteiger partial charge in [0.1, 0.15) is 0 Å². The Morgan fingerprint density at radius 3 is 0.711 bits per heavy atom. The molecule has 0 spiro atoms. The van der Waals surface area contributed by atoms with Gasteiger partial charge in [-0.1, -0.05) is 0 Å². The Kier molecular flexibility index (Phi) is 9.74. The zero-order valence-electron chi connectivity index (χ0n) is 18.9. The SMILES string of the molecule is OC(F)(F)C(F)(F)OC(F)(F)C(O)(C(F)(F)C(F)(F)F)C(F)(F)C(F)(F)C(F)(F)C(F)(F)C(F)(F)C(F)(F)C(F)(F)C(F)(F)F. The fraction of sp³-hybridized carbons (Fsp3) is 1.00. The van der Waals surface area contributed by atoms with Gasteiger partial charge in [0.25, 0.3) is 5.60 Å². The molecule has 0 aliphatic carbocycles. The molecular formula is C14H2F28O3. The van der Waals surface area contributed by atoms with Gasteiger partial charge in [0.2, 0.25) is 0 Å². The van der Waals surface area contributed by atoms with Gasteiger partial charge in [-0.25, -0.2) is 4.74 Å². The summed E-state index contributed by atoms with van der Waals surface area (Å²) in [5.41, 5.74) is -9.61. The Hall–Kier alpha value is -2.08. The molecule has 2 N–H and O–H groups in total. The van der Waals surface area contributed by atoms with E-state index < -0.39 is 83.7 Å². The van der Waals surface area contributed by atoms with Crippen LogP contribution in [0.2, 0.25) is 0 Å². The Labute approximate surface area is 223 Å². The highest BCUT2D eigenvalue weighted by Crippen LogP contribution is 2.68. The molecule has 1 atom stereocenters. The number of aliphatic hydroxyl groups is 2. The van der Waals surface area contributed by atoms with Crippen molar-refractivity contribution in [3.8, 4) is 0 Å². The summed E-state index contributed by atoms with van der Waals surface area (Å²) in [4.78, 5) is 0. The standard InChI is InChI=1S/C14H2F28O3/c15-2(16,1(43,3(17,18)10(31,32)33)13(39,40)45-14(41,42)12(37,38)44)4(19,20)5(21,22)6(23,24)7(25,26)8(27,28)9(29,30)11(34,35)36/h43-44H. The van der Waals surface area contributed by atoms with Crippen molar-refractivity contribution in [1.29, 1.82) is 0 Å². The summed E-state index contributed by atoms with van der Waals surface area (Å²) in [6.45, 7) is 0. The third kappa shape index (κ3) is 5.33. The van der Waals surface area contributed by atoms with Crippen molar-refractivity contribution < 1.29 is 138 Å². The van der Waals surface area contributed by atoms with E-state index in [2.05, 4.69) is 0 Å². The van der Waals surface area contributed by atoms with E-state index in [-0.39, 0.29) is 0 Å². The van der Waals surface area contributed by atoms with Crippen molar-refractivity contribution in [3.05, 3.63) is 0 Å². The molecule has 0 aromatic carbocycles. The van der Waals surface area contributed by atoms with Gasteiger partial charge in [-0.3, -0.25) is 0 Å². The summed E-state index contributed by atoms with van der Waals surface area (Å²) in [5, 5.41) is 16.2. The molecule has 272 valence electrons. The second-order valence-electron chi connectivity index (χ2n) is 7.98. The predicted molar refractivity (Wildman–Crippen MR) is 74.8 cm³/mol. The summed E-state index contributed by atoms with van der Waals surface area (Å²) >= 11 is 0. The van der Waals surface area contributed by atoms with Gasteiger partial charge < -0.3 is 10.2 Å². The van der Waals surface area contributed by atoms with Crippen molar-refractivity contribution in [2.75, 3.05) is 0 Å². The lowest BCUT2D eigenvalue weighted by Gasteiger charge is -2.49. The van der Waals surface area contributed by atoms with Crippen LogP contribution in [0.1, 0.15) is 0 Å². The number of rotatable bonds is 12. The van der Waals surface area contributed by atoms with Crippen molar-refractivity contribution in [2.24, 2.45) is 0 Å². The second-order valence-corrected chi connectivity index (χ2v) is 7.98. The minimum atomic E-state index is -10.1. The topological polar surface area (TPSA) is 49.7 Å². The van der Waals surface area contributed by atoms with Crippen molar-refractivity contribution in [3.63, 3.8) is 0 Å². The van der Waals surface area contributed by atoms with Crippen LogP contribution < -0.4 is 0 Å². The van der Waals surface area contributed by atoms with Crippen molar-refractivity contribution >= 4 is 0 Å². The van der Waals surface area contributed by atoms with Crippen LogP contribution in [0, 0.1) is 0 Å². The van der Waals surface area contributed by atoms with Crippen LogP contribution in [0.3, 0.4) is 0 Å².